The summed E-state index contributed by atoms with van der Waals surface area (Å²) >= 11 is 0. The first-order valence-corrected chi connectivity index (χ1v) is 5.51. The summed E-state index contributed by atoms with van der Waals surface area (Å²) in [7, 11) is 0. The molecule has 17 heavy (non-hydrogen) atoms. The lowest BCUT2D eigenvalue weighted by molar-refractivity contribution is -0.141. The van der Waals surface area contributed by atoms with Crippen LogP contribution in [-0.2, 0) is 6.18 Å². The minimum atomic E-state index is -4.44. The molecule has 0 aliphatic rings. The summed E-state index contributed by atoms with van der Waals surface area (Å²) in [6, 6.07) is 0.946. The van der Waals surface area contributed by atoms with Gasteiger partial charge < -0.3 is 11.1 Å². The van der Waals surface area contributed by atoms with Crippen molar-refractivity contribution < 1.29 is 13.2 Å². The quantitative estimate of drug-likeness (QED) is 0.785. The zero-order valence-electron chi connectivity index (χ0n) is 9.64. The van der Waals surface area contributed by atoms with Crippen LogP contribution in [0.25, 0.3) is 0 Å². The fourth-order valence-corrected chi connectivity index (χ4v) is 1.37. The third-order valence-electron chi connectivity index (χ3n) is 2.32. The smallest absolute Gasteiger partial charge is 0.396 e. The summed E-state index contributed by atoms with van der Waals surface area (Å²) < 4.78 is 37.2. The van der Waals surface area contributed by atoms with E-state index in [4.69, 9.17) is 5.73 Å². The number of nitrogens with zero attached hydrogens (tertiary/aromatic N) is 1. The fourth-order valence-electron chi connectivity index (χ4n) is 1.37. The molecule has 0 aromatic carbocycles. The fraction of sp³-hybridized carbons (Fsp3) is 0.545. The molecule has 1 aromatic heterocycles. The molecule has 1 heterocycles. The zero-order valence-corrected chi connectivity index (χ0v) is 9.64. The van der Waals surface area contributed by atoms with Crippen LogP contribution in [0, 0.1) is 0 Å². The van der Waals surface area contributed by atoms with Gasteiger partial charge in [0.25, 0.3) is 0 Å². The highest BCUT2D eigenvalue weighted by molar-refractivity contribution is 5.65. The van der Waals surface area contributed by atoms with Gasteiger partial charge in [0, 0.05) is 6.54 Å². The van der Waals surface area contributed by atoms with Crippen LogP contribution < -0.4 is 11.1 Å². The molecule has 0 radical (unpaired) electrons. The van der Waals surface area contributed by atoms with Gasteiger partial charge in [-0.25, -0.2) is 4.98 Å². The summed E-state index contributed by atoms with van der Waals surface area (Å²) in [5.41, 5.74) is 5.15. The van der Waals surface area contributed by atoms with E-state index in [1.807, 2.05) is 0 Å². The highest BCUT2D eigenvalue weighted by atomic mass is 19.4. The number of alkyl halides is 3. The molecule has 0 atom stereocenters. The number of nitrogens with one attached hydrogen (secondary N) is 1. The van der Waals surface area contributed by atoms with E-state index in [1.54, 1.807) is 0 Å². The number of anilines is 2. The minimum absolute atomic E-state index is 0.231. The van der Waals surface area contributed by atoms with Gasteiger partial charge in [0.15, 0.2) is 0 Å². The molecule has 1 aromatic rings. The number of aromatic nitrogens is 1. The average molecular weight is 247 g/mol. The highest BCUT2D eigenvalue weighted by Gasteiger charge is 2.32. The van der Waals surface area contributed by atoms with Crippen molar-refractivity contribution in [2.75, 3.05) is 17.6 Å². The maximum absolute atomic E-state index is 12.4. The number of halogens is 3. The monoisotopic (exact) mass is 247 g/mol. The molecule has 0 saturated carbocycles. The molecule has 0 aliphatic carbocycles. The van der Waals surface area contributed by atoms with E-state index in [0.717, 1.165) is 31.5 Å². The van der Waals surface area contributed by atoms with Crippen LogP contribution in [0.2, 0.25) is 0 Å². The number of hydrogen-bond donors (Lipinski definition) is 2. The standard InChI is InChI=1S/C11H16F3N3/c1-2-3-4-5-16-9-6-10(11(12,13)14)17-7-8(9)15/h6-7H,2-5,15H2,1H3,(H,16,17). The van der Waals surface area contributed by atoms with Crippen molar-refractivity contribution in [1.82, 2.24) is 4.98 Å². The van der Waals surface area contributed by atoms with E-state index < -0.39 is 11.9 Å². The van der Waals surface area contributed by atoms with Crippen molar-refractivity contribution in [1.29, 1.82) is 0 Å². The number of hydrogen-bond acceptors (Lipinski definition) is 3. The van der Waals surface area contributed by atoms with Crippen molar-refractivity contribution in [2.24, 2.45) is 0 Å². The second-order valence-electron chi connectivity index (χ2n) is 3.79. The molecule has 3 nitrogen and oxygen atoms in total. The largest absolute Gasteiger partial charge is 0.433 e. The van der Waals surface area contributed by atoms with Crippen molar-refractivity contribution in [3.05, 3.63) is 18.0 Å². The van der Waals surface area contributed by atoms with Gasteiger partial charge in [-0.1, -0.05) is 19.8 Å². The predicted octanol–water partition coefficient (Wildman–Crippen LogP) is 3.28. The summed E-state index contributed by atoms with van der Waals surface area (Å²) in [6.07, 6.45) is -0.413. The van der Waals surface area contributed by atoms with Crippen molar-refractivity contribution >= 4 is 11.4 Å². The number of nitrogens with two attached hydrogens (primary N) is 1. The van der Waals surface area contributed by atoms with Gasteiger partial charge in [0.1, 0.15) is 5.69 Å². The maximum Gasteiger partial charge on any atom is 0.433 e. The van der Waals surface area contributed by atoms with E-state index in [-0.39, 0.29) is 5.69 Å². The lowest BCUT2D eigenvalue weighted by Crippen LogP contribution is -2.11. The average Bonchev–Trinajstić information content (AvgIpc) is 2.25. The normalized spacial score (nSPS) is 11.5. The Balaban J connectivity index is 2.70. The molecule has 0 aliphatic heterocycles. The second-order valence-corrected chi connectivity index (χ2v) is 3.79. The van der Waals surface area contributed by atoms with E-state index >= 15 is 0 Å². The number of pyridine rings is 1. The van der Waals surface area contributed by atoms with Crippen LogP contribution in [0.15, 0.2) is 12.3 Å². The van der Waals surface area contributed by atoms with Gasteiger partial charge in [0.2, 0.25) is 0 Å². The number of rotatable bonds is 5. The molecule has 1 rings (SSSR count). The van der Waals surface area contributed by atoms with Gasteiger partial charge in [-0.15, -0.1) is 0 Å². The Morgan fingerprint density at radius 2 is 2.06 bits per heavy atom. The van der Waals surface area contributed by atoms with Crippen molar-refractivity contribution in [2.45, 2.75) is 32.4 Å². The summed E-state index contributed by atoms with van der Waals surface area (Å²) in [6.45, 7) is 2.67. The molecule has 0 saturated heterocycles. The van der Waals surface area contributed by atoms with Gasteiger partial charge in [-0.2, -0.15) is 13.2 Å². The van der Waals surface area contributed by atoms with E-state index in [2.05, 4.69) is 17.2 Å². The first kappa shape index (κ1) is 13.6. The number of unbranched alkanes of at least 4 members (excludes halogenated alkanes) is 2. The molecular formula is C11H16F3N3. The lowest BCUT2D eigenvalue weighted by Gasteiger charge is -2.12. The lowest BCUT2D eigenvalue weighted by atomic mass is 10.2. The Morgan fingerprint density at radius 1 is 1.35 bits per heavy atom. The second kappa shape index (κ2) is 5.75. The summed E-state index contributed by atoms with van der Waals surface area (Å²) in [5.74, 6) is 0. The first-order valence-electron chi connectivity index (χ1n) is 5.51. The van der Waals surface area contributed by atoms with Crippen molar-refractivity contribution in [3.8, 4) is 0 Å². The number of nitrogen functional groups attached to an aromatic ring is 1. The molecule has 0 bridgehead atoms. The SMILES string of the molecule is CCCCCNc1cc(C(F)(F)F)ncc1N. The minimum Gasteiger partial charge on any atom is -0.396 e. The molecule has 0 amide bonds. The van der Waals surface area contributed by atoms with Crippen LogP contribution in [-0.4, -0.2) is 11.5 Å². The van der Waals surface area contributed by atoms with Crippen LogP contribution in [0.4, 0.5) is 24.5 Å². The molecule has 0 spiro atoms. The van der Waals surface area contributed by atoms with Crippen LogP contribution in [0.5, 0.6) is 0 Å². The Morgan fingerprint density at radius 3 is 2.65 bits per heavy atom. The predicted molar refractivity (Wildman–Crippen MR) is 61.7 cm³/mol. The Kier molecular flexibility index (Phi) is 4.60. The van der Waals surface area contributed by atoms with Crippen LogP contribution >= 0.6 is 0 Å². The molecule has 0 fully saturated rings. The molecule has 6 heteroatoms. The Bertz CT molecular complexity index is 363. The molecule has 3 N–H and O–H groups in total. The first-order chi connectivity index (χ1) is 7.95. The van der Waals surface area contributed by atoms with E-state index in [9.17, 15) is 13.2 Å². The topological polar surface area (TPSA) is 50.9 Å². The van der Waals surface area contributed by atoms with E-state index in [0.29, 0.717) is 12.2 Å². The summed E-state index contributed by atoms with van der Waals surface area (Å²) in [5, 5.41) is 2.90. The molecule has 96 valence electrons. The molecular weight excluding hydrogens is 231 g/mol. The summed E-state index contributed by atoms with van der Waals surface area (Å²) in [4.78, 5) is 3.26. The Hall–Kier alpha value is -1.46. The van der Waals surface area contributed by atoms with Gasteiger partial charge >= 0.3 is 6.18 Å². The van der Waals surface area contributed by atoms with E-state index in [1.165, 1.54) is 0 Å². The van der Waals surface area contributed by atoms with Gasteiger partial charge in [-0.05, 0) is 12.5 Å². The van der Waals surface area contributed by atoms with Gasteiger partial charge in [-0.3, -0.25) is 0 Å². The Labute approximate surface area is 98.2 Å². The zero-order chi connectivity index (χ0) is 12.9. The van der Waals surface area contributed by atoms with Crippen molar-refractivity contribution in [3.63, 3.8) is 0 Å². The van der Waals surface area contributed by atoms with Crippen LogP contribution in [0.3, 0.4) is 0 Å². The highest BCUT2D eigenvalue weighted by Crippen LogP contribution is 2.30. The van der Waals surface area contributed by atoms with Crippen LogP contribution in [0.1, 0.15) is 31.9 Å². The van der Waals surface area contributed by atoms with Gasteiger partial charge in [0.05, 0.1) is 17.6 Å². The maximum atomic E-state index is 12.4. The molecule has 0 unspecified atom stereocenters. The third kappa shape index (κ3) is 4.13. The third-order valence-corrected chi connectivity index (χ3v) is 2.32.